The molecule has 0 aliphatic heterocycles. The van der Waals surface area contributed by atoms with Gasteiger partial charge in [-0.2, -0.15) is 0 Å². The van der Waals surface area contributed by atoms with Gasteiger partial charge >= 0.3 is 5.56 Å². The number of rotatable bonds is 1. The van der Waals surface area contributed by atoms with Gasteiger partial charge in [-0.25, -0.2) is 4.79 Å². The molecule has 22 heavy (non-hydrogen) atoms. The quantitative estimate of drug-likeness (QED) is 0.532. The Balaban J connectivity index is 0.00000144. The van der Waals surface area contributed by atoms with Crippen LogP contribution >= 0.6 is 15.9 Å². The molecule has 0 bridgehead atoms. The topological polar surface area (TPSA) is 71.9 Å². The molecule has 0 aliphatic rings. The second-order valence-corrected chi connectivity index (χ2v) is 5.66. The summed E-state index contributed by atoms with van der Waals surface area (Å²) in [5.41, 5.74) is 2.29. The molecule has 4 rings (SSSR count). The van der Waals surface area contributed by atoms with Crippen LogP contribution in [0.1, 0.15) is 0 Å². The molecule has 5 nitrogen and oxygen atoms in total. The van der Waals surface area contributed by atoms with Gasteiger partial charge < -0.3 is 5.48 Å². The molecule has 0 saturated heterocycles. The molecule has 0 atom stereocenters. The third-order valence-electron chi connectivity index (χ3n) is 3.54. The van der Waals surface area contributed by atoms with E-state index < -0.39 is 0 Å². The summed E-state index contributed by atoms with van der Waals surface area (Å²) in [5, 5.41) is 4.20. The Morgan fingerprint density at radius 1 is 0.955 bits per heavy atom. The van der Waals surface area contributed by atoms with Gasteiger partial charge in [-0.05, 0) is 40.2 Å². The van der Waals surface area contributed by atoms with E-state index in [4.69, 9.17) is 0 Å². The highest BCUT2D eigenvalue weighted by molar-refractivity contribution is 9.10. The second kappa shape index (κ2) is 5.40. The number of fused-ring (bicyclic) bond motifs is 3. The molecule has 2 aromatic carbocycles. The number of benzene rings is 2. The van der Waals surface area contributed by atoms with Gasteiger partial charge in [-0.3, -0.25) is 0 Å². The average Bonchev–Trinajstić information content (AvgIpc) is 2.86. The maximum absolute atomic E-state index is 12.6. The van der Waals surface area contributed by atoms with E-state index in [1.165, 1.54) is 0 Å². The molecular weight excluding hydrogens is 346 g/mol. The summed E-state index contributed by atoms with van der Waals surface area (Å²) < 4.78 is 4.28. The minimum Gasteiger partial charge on any atom is -0.870 e. The molecule has 0 saturated carbocycles. The van der Waals surface area contributed by atoms with Gasteiger partial charge in [0.2, 0.25) is 5.52 Å². The fourth-order valence-corrected chi connectivity index (χ4v) is 3.09. The summed E-state index contributed by atoms with van der Waals surface area (Å²) in [6, 6.07) is 19.3. The van der Waals surface area contributed by atoms with Crippen LogP contribution in [-0.4, -0.2) is 15.4 Å². The van der Waals surface area contributed by atoms with Crippen LogP contribution in [0, 0.1) is 0 Å². The Morgan fingerprint density at radius 3 is 2.41 bits per heavy atom. The van der Waals surface area contributed by atoms with E-state index in [2.05, 4.69) is 21.1 Å². The molecule has 0 aliphatic carbocycles. The predicted molar refractivity (Wildman–Crippen MR) is 86.7 cm³/mol. The zero-order valence-electron chi connectivity index (χ0n) is 11.4. The van der Waals surface area contributed by atoms with Crippen LogP contribution in [-0.2, 0) is 0 Å². The molecule has 0 spiro atoms. The molecule has 0 unspecified atom stereocenters. The zero-order chi connectivity index (χ0) is 14.4. The lowest BCUT2D eigenvalue weighted by Crippen LogP contribution is -2.26. The van der Waals surface area contributed by atoms with E-state index in [-0.39, 0.29) is 11.0 Å². The number of para-hydroxylation sites is 2. The van der Waals surface area contributed by atoms with Crippen LogP contribution in [0.4, 0.5) is 0 Å². The molecule has 4 aromatic rings. The molecule has 6 heteroatoms. The highest BCUT2D eigenvalue weighted by atomic mass is 79.9. The standard InChI is InChI=1S/C16H10BrN3O.H2O/c17-13-10-15-16(21)19(11-6-2-1-3-7-11)18-20(15)14-9-5-4-8-12(13)14;/h1-10H;1H2. The molecule has 2 aromatic heterocycles. The van der Waals surface area contributed by atoms with Crippen molar-refractivity contribution in [3.05, 3.63) is 75.5 Å². The van der Waals surface area contributed by atoms with E-state index >= 15 is 0 Å². The van der Waals surface area contributed by atoms with Gasteiger partial charge in [-0.15, -0.1) is 4.52 Å². The van der Waals surface area contributed by atoms with E-state index in [1.807, 2.05) is 65.2 Å². The van der Waals surface area contributed by atoms with E-state index in [9.17, 15) is 4.79 Å². The third kappa shape index (κ3) is 2.04. The van der Waals surface area contributed by atoms with Crippen molar-refractivity contribution in [2.24, 2.45) is 0 Å². The van der Waals surface area contributed by atoms with Gasteiger partial charge in [0.25, 0.3) is 0 Å². The lowest BCUT2D eigenvalue weighted by molar-refractivity contribution is -0.555. The molecule has 2 heterocycles. The number of nitrogens with one attached hydrogen (secondary N) is 1. The fraction of sp³-hybridized carbons (Fsp3) is 0. The number of H-pyrrole nitrogens is 1. The Labute approximate surface area is 133 Å². The first-order valence-electron chi connectivity index (χ1n) is 6.55. The summed E-state index contributed by atoms with van der Waals surface area (Å²) in [6.07, 6.45) is 0. The number of aromatic nitrogens is 3. The normalized spacial score (nSPS) is 10.8. The van der Waals surface area contributed by atoms with E-state index in [1.54, 1.807) is 4.68 Å². The van der Waals surface area contributed by atoms with Crippen LogP contribution in [0.25, 0.3) is 22.1 Å². The van der Waals surface area contributed by atoms with Crippen molar-refractivity contribution in [3.63, 3.8) is 0 Å². The average molecular weight is 358 g/mol. The fourth-order valence-electron chi connectivity index (χ4n) is 2.54. The summed E-state index contributed by atoms with van der Waals surface area (Å²) in [4.78, 5) is 12.6. The Bertz CT molecular complexity index is 1020. The smallest absolute Gasteiger partial charge is 0.406 e. The van der Waals surface area contributed by atoms with Gasteiger partial charge in [0.05, 0.1) is 0 Å². The molecule has 0 amide bonds. The van der Waals surface area contributed by atoms with E-state index in [0.29, 0.717) is 5.52 Å². The minimum atomic E-state index is -0.0762. The van der Waals surface area contributed by atoms with Crippen molar-refractivity contribution < 1.29 is 9.99 Å². The molecule has 0 radical (unpaired) electrons. The van der Waals surface area contributed by atoms with Crippen molar-refractivity contribution >= 4 is 32.3 Å². The van der Waals surface area contributed by atoms with Crippen molar-refractivity contribution in [3.8, 4) is 5.69 Å². The zero-order valence-corrected chi connectivity index (χ0v) is 13.0. The van der Waals surface area contributed by atoms with E-state index in [0.717, 1.165) is 21.1 Å². The number of aromatic amines is 1. The van der Waals surface area contributed by atoms with Crippen molar-refractivity contribution in [2.75, 3.05) is 0 Å². The summed E-state index contributed by atoms with van der Waals surface area (Å²) >= 11 is 3.54. The second-order valence-electron chi connectivity index (χ2n) is 4.81. The van der Waals surface area contributed by atoms with Gasteiger partial charge in [0, 0.05) is 15.9 Å². The first-order chi connectivity index (χ1) is 10.3. The monoisotopic (exact) mass is 357 g/mol. The first-order valence-corrected chi connectivity index (χ1v) is 7.34. The highest BCUT2D eigenvalue weighted by Crippen LogP contribution is 2.21. The predicted octanol–water partition coefficient (Wildman–Crippen LogP) is 2.64. The van der Waals surface area contributed by atoms with Gasteiger partial charge in [0.15, 0.2) is 11.2 Å². The third-order valence-corrected chi connectivity index (χ3v) is 4.20. The number of pyridine rings is 1. The maximum Gasteiger partial charge on any atom is 0.406 e. The number of hydrogen-bond donors (Lipinski definition) is 1. The molecule has 110 valence electrons. The largest absolute Gasteiger partial charge is 0.870 e. The highest BCUT2D eigenvalue weighted by Gasteiger charge is 2.19. The summed E-state index contributed by atoms with van der Waals surface area (Å²) in [7, 11) is 0. The Kier molecular flexibility index (Phi) is 3.56. The van der Waals surface area contributed by atoms with Gasteiger partial charge in [-0.1, -0.05) is 40.2 Å². The van der Waals surface area contributed by atoms with Crippen molar-refractivity contribution in [1.82, 2.24) is 9.90 Å². The van der Waals surface area contributed by atoms with Crippen molar-refractivity contribution in [2.45, 2.75) is 0 Å². The summed E-state index contributed by atoms with van der Waals surface area (Å²) in [5.74, 6) is 0. The SMILES string of the molecule is O=c1c2cc(Br)c3ccccc3[n+]2[nH]n1-c1ccccc1.[OH-]. The number of halogens is 1. The van der Waals surface area contributed by atoms with Crippen LogP contribution < -0.4 is 10.1 Å². The number of nitrogens with zero attached hydrogens (tertiary/aromatic N) is 2. The first kappa shape index (κ1) is 14.5. The molecule has 0 fully saturated rings. The van der Waals surface area contributed by atoms with Crippen LogP contribution in [0.3, 0.4) is 0 Å². The minimum absolute atomic E-state index is 0. The van der Waals surface area contributed by atoms with Gasteiger partial charge in [0.1, 0.15) is 0 Å². The van der Waals surface area contributed by atoms with Crippen LogP contribution in [0.2, 0.25) is 0 Å². The van der Waals surface area contributed by atoms with Crippen LogP contribution in [0.15, 0.2) is 69.9 Å². The Morgan fingerprint density at radius 2 is 1.64 bits per heavy atom. The number of hydrogen-bond acceptors (Lipinski definition) is 2. The lowest BCUT2D eigenvalue weighted by atomic mass is 10.2. The maximum atomic E-state index is 12.6. The van der Waals surface area contributed by atoms with Crippen LogP contribution in [0.5, 0.6) is 0 Å². The molecule has 2 N–H and O–H groups in total. The molecular formula is C16H12BrN3O2. The lowest BCUT2D eigenvalue weighted by Gasteiger charge is -1.97. The van der Waals surface area contributed by atoms with Crippen molar-refractivity contribution in [1.29, 1.82) is 0 Å². The summed E-state index contributed by atoms with van der Waals surface area (Å²) in [6.45, 7) is 0. The Hall–Kier alpha value is -2.44.